The normalized spacial score (nSPS) is 22.7. The highest BCUT2D eigenvalue weighted by molar-refractivity contribution is 5.79. The van der Waals surface area contributed by atoms with Gasteiger partial charge in [0.2, 0.25) is 5.91 Å². The summed E-state index contributed by atoms with van der Waals surface area (Å²) in [6, 6.07) is 6.66. The SMILES string of the molecule is Cc1ccc(C)c(CC(=O)NC2CCN(CC3CCOC3)CC2)c1. The molecule has 1 unspecified atom stereocenters. The minimum Gasteiger partial charge on any atom is -0.381 e. The number of aryl methyl sites for hydroxylation is 2. The van der Waals surface area contributed by atoms with Crippen molar-refractivity contribution in [1.82, 2.24) is 10.2 Å². The highest BCUT2D eigenvalue weighted by Crippen LogP contribution is 2.18. The van der Waals surface area contributed by atoms with E-state index in [-0.39, 0.29) is 5.91 Å². The molecule has 2 saturated heterocycles. The molecule has 2 fully saturated rings. The molecule has 0 bridgehead atoms. The van der Waals surface area contributed by atoms with Crippen LogP contribution in [0, 0.1) is 19.8 Å². The first-order valence-electron chi connectivity index (χ1n) is 9.26. The molecule has 3 rings (SSSR count). The van der Waals surface area contributed by atoms with Crippen LogP contribution in [0.15, 0.2) is 18.2 Å². The van der Waals surface area contributed by atoms with Gasteiger partial charge in [-0.2, -0.15) is 0 Å². The first kappa shape index (κ1) is 17.4. The van der Waals surface area contributed by atoms with Gasteiger partial charge in [0.05, 0.1) is 13.0 Å². The molecule has 1 N–H and O–H groups in total. The van der Waals surface area contributed by atoms with E-state index in [9.17, 15) is 4.79 Å². The Bertz CT molecular complexity index is 559. The smallest absolute Gasteiger partial charge is 0.224 e. The fourth-order valence-corrected chi connectivity index (χ4v) is 3.79. The molecule has 0 aliphatic carbocycles. The van der Waals surface area contributed by atoms with Crippen LogP contribution in [0.4, 0.5) is 0 Å². The standard InChI is InChI=1S/C20H30N2O2/c1-15-3-4-16(2)18(11-15)12-20(23)21-19-5-8-22(9-6-19)13-17-7-10-24-14-17/h3-4,11,17,19H,5-10,12-14H2,1-2H3,(H,21,23). The topological polar surface area (TPSA) is 41.6 Å². The van der Waals surface area contributed by atoms with Gasteiger partial charge in [0.15, 0.2) is 0 Å². The third kappa shape index (κ3) is 4.81. The van der Waals surface area contributed by atoms with Crippen LogP contribution in [0.25, 0.3) is 0 Å². The van der Waals surface area contributed by atoms with E-state index in [2.05, 4.69) is 42.3 Å². The second-order valence-corrected chi connectivity index (χ2v) is 7.48. The van der Waals surface area contributed by atoms with Crippen LogP contribution in [-0.2, 0) is 16.0 Å². The van der Waals surface area contributed by atoms with Crippen LogP contribution >= 0.6 is 0 Å². The number of likely N-dealkylation sites (tertiary alicyclic amines) is 1. The molecule has 4 nitrogen and oxygen atoms in total. The summed E-state index contributed by atoms with van der Waals surface area (Å²) in [5.74, 6) is 0.867. The van der Waals surface area contributed by atoms with E-state index < -0.39 is 0 Å². The number of rotatable bonds is 5. The number of carbonyl (C=O) groups excluding carboxylic acids is 1. The Morgan fingerprint density at radius 1 is 1.25 bits per heavy atom. The third-order valence-corrected chi connectivity index (χ3v) is 5.35. The van der Waals surface area contributed by atoms with Gasteiger partial charge in [-0.3, -0.25) is 4.79 Å². The minimum atomic E-state index is 0.159. The van der Waals surface area contributed by atoms with E-state index in [4.69, 9.17) is 4.74 Å². The Morgan fingerprint density at radius 3 is 2.75 bits per heavy atom. The molecule has 0 spiro atoms. The maximum Gasteiger partial charge on any atom is 0.224 e. The van der Waals surface area contributed by atoms with Crippen LogP contribution < -0.4 is 5.32 Å². The van der Waals surface area contributed by atoms with Crippen LogP contribution in [0.5, 0.6) is 0 Å². The summed E-state index contributed by atoms with van der Waals surface area (Å²) >= 11 is 0. The molecular formula is C20H30N2O2. The zero-order valence-corrected chi connectivity index (χ0v) is 15.0. The van der Waals surface area contributed by atoms with Gasteiger partial charge >= 0.3 is 0 Å². The maximum absolute atomic E-state index is 12.4. The number of nitrogens with one attached hydrogen (secondary N) is 1. The highest BCUT2D eigenvalue weighted by atomic mass is 16.5. The summed E-state index contributed by atoms with van der Waals surface area (Å²) < 4.78 is 5.46. The molecule has 1 atom stereocenters. The van der Waals surface area contributed by atoms with Gasteiger partial charge in [0.1, 0.15) is 0 Å². The lowest BCUT2D eigenvalue weighted by Crippen LogP contribution is -2.46. The number of benzene rings is 1. The summed E-state index contributed by atoms with van der Waals surface area (Å²) in [7, 11) is 0. The Hall–Kier alpha value is -1.39. The van der Waals surface area contributed by atoms with Gasteiger partial charge in [-0.15, -0.1) is 0 Å². The van der Waals surface area contributed by atoms with Crippen molar-refractivity contribution in [3.63, 3.8) is 0 Å². The molecule has 0 saturated carbocycles. The summed E-state index contributed by atoms with van der Waals surface area (Å²) in [5, 5.41) is 3.24. The Balaban J connectivity index is 1.42. The first-order valence-corrected chi connectivity index (χ1v) is 9.26. The van der Waals surface area contributed by atoms with Gasteiger partial charge in [-0.05, 0) is 50.2 Å². The van der Waals surface area contributed by atoms with E-state index >= 15 is 0 Å². The Kier molecular flexibility index (Phi) is 5.90. The van der Waals surface area contributed by atoms with Crippen LogP contribution in [0.2, 0.25) is 0 Å². The number of piperidine rings is 1. The molecular weight excluding hydrogens is 300 g/mol. The average molecular weight is 330 g/mol. The fourth-order valence-electron chi connectivity index (χ4n) is 3.79. The van der Waals surface area contributed by atoms with Gasteiger partial charge in [0, 0.05) is 32.3 Å². The number of hydrogen-bond donors (Lipinski definition) is 1. The van der Waals surface area contributed by atoms with Crippen LogP contribution in [0.1, 0.15) is 36.0 Å². The quantitative estimate of drug-likeness (QED) is 0.902. The molecule has 132 valence electrons. The van der Waals surface area contributed by atoms with Crippen molar-refractivity contribution >= 4 is 5.91 Å². The van der Waals surface area contributed by atoms with Gasteiger partial charge in [-0.25, -0.2) is 0 Å². The van der Waals surface area contributed by atoms with Crippen molar-refractivity contribution in [1.29, 1.82) is 0 Å². The lowest BCUT2D eigenvalue weighted by Gasteiger charge is -2.33. The van der Waals surface area contributed by atoms with E-state index in [1.807, 2.05) is 0 Å². The monoisotopic (exact) mass is 330 g/mol. The molecule has 2 heterocycles. The van der Waals surface area contributed by atoms with Gasteiger partial charge in [0.25, 0.3) is 0 Å². The molecule has 1 aromatic carbocycles. The first-order chi connectivity index (χ1) is 11.6. The van der Waals surface area contributed by atoms with E-state index in [1.54, 1.807) is 0 Å². The predicted octanol–water partition coefficient (Wildman–Crippen LogP) is 2.46. The Labute approximate surface area is 145 Å². The van der Waals surface area contributed by atoms with Crippen molar-refractivity contribution in [3.05, 3.63) is 34.9 Å². The maximum atomic E-state index is 12.4. The summed E-state index contributed by atoms with van der Waals surface area (Å²) in [6.07, 6.45) is 3.82. The van der Waals surface area contributed by atoms with E-state index in [1.165, 1.54) is 17.5 Å². The van der Waals surface area contributed by atoms with Crippen molar-refractivity contribution < 1.29 is 9.53 Å². The summed E-state index contributed by atoms with van der Waals surface area (Å²) in [4.78, 5) is 14.9. The third-order valence-electron chi connectivity index (χ3n) is 5.35. The lowest BCUT2D eigenvalue weighted by molar-refractivity contribution is -0.121. The Morgan fingerprint density at radius 2 is 2.04 bits per heavy atom. The van der Waals surface area contributed by atoms with Crippen molar-refractivity contribution in [2.45, 2.75) is 45.6 Å². The molecule has 0 radical (unpaired) electrons. The molecule has 1 aromatic rings. The largest absolute Gasteiger partial charge is 0.381 e. The van der Waals surface area contributed by atoms with E-state index in [0.717, 1.165) is 51.3 Å². The number of hydrogen-bond acceptors (Lipinski definition) is 3. The molecule has 4 heteroatoms. The molecule has 2 aliphatic rings. The van der Waals surface area contributed by atoms with Gasteiger partial charge in [-0.1, -0.05) is 23.8 Å². The number of ether oxygens (including phenoxy) is 1. The average Bonchev–Trinajstić information content (AvgIpc) is 3.06. The van der Waals surface area contributed by atoms with Crippen molar-refractivity contribution in [2.24, 2.45) is 5.92 Å². The zero-order chi connectivity index (χ0) is 16.9. The van der Waals surface area contributed by atoms with Crippen molar-refractivity contribution in [2.75, 3.05) is 32.8 Å². The molecule has 2 aliphatic heterocycles. The number of amides is 1. The van der Waals surface area contributed by atoms with Crippen LogP contribution in [0.3, 0.4) is 0 Å². The molecule has 1 amide bonds. The second kappa shape index (κ2) is 8.13. The molecule has 24 heavy (non-hydrogen) atoms. The highest BCUT2D eigenvalue weighted by Gasteiger charge is 2.24. The number of nitrogens with zero attached hydrogens (tertiary/aromatic N) is 1. The fraction of sp³-hybridized carbons (Fsp3) is 0.650. The molecule has 0 aromatic heterocycles. The van der Waals surface area contributed by atoms with Gasteiger partial charge < -0.3 is 15.0 Å². The summed E-state index contributed by atoms with van der Waals surface area (Å²) in [5.41, 5.74) is 3.56. The summed E-state index contributed by atoms with van der Waals surface area (Å²) in [6.45, 7) is 9.33. The predicted molar refractivity (Wildman–Crippen MR) is 96.2 cm³/mol. The lowest BCUT2D eigenvalue weighted by atomic mass is 10.0. The minimum absolute atomic E-state index is 0.159. The van der Waals surface area contributed by atoms with E-state index in [0.29, 0.717) is 18.4 Å². The zero-order valence-electron chi connectivity index (χ0n) is 15.0. The second-order valence-electron chi connectivity index (χ2n) is 7.48. The number of carbonyl (C=O) groups is 1. The van der Waals surface area contributed by atoms with Crippen molar-refractivity contribution in [3.8, 4) is 0 Å². The van der Waals surface area contributed by atoms with Crippen LogP contribution in [-0.4, -0.2) is 49.7 Å².